The summed E-state index contributed by atoms with van der Waals surface area (Å²) in [7, 11) is 0. The number of hydrogen-bond acceptors (Lipinski definition) is 4. The van der Waals surface area contributed by atoms with Crippen LogP contribution in [0.2, 0.25) is 0 Å². The van der Waals surface area contributed by atoms with E-state index in [0.29, 0.717) is 13.2 Å². The van der Waals surface area contributed by atoms with Gasteiger partial charge in [-0.1, -0.05) is 0 Å². The monoisotopic (exact) mass is 186 g/mol. The average Bonchev–Trinajstić information content (AvgIpc) is 2.60. The lowest BCUT2D eigenvalue weighted by molar-refractivity contribution is 0.184. The number of rotatable bonds is 1. The van der Waals surface area contributed by atoms with Crippen molar-refractivity contribution < 1.29 is 4.74 Å². The first-order valence-electron chi connectivity index (χ1n) is 3.92. The summed E-state index contributed by atoms with van der Waals surface area (Å²) in [4.78, 5) is 22.3. The van der Waals surface area contributed by atoms with Crippen LogP contribution in [0.15, 0.2) is 9.59 Å². The van der Waals surface area contributed by atoms with Gasteiger partial charge in [-0.3, -0.25) is 0 Å². The van der Waals surface area contributed by atoms with E-state index in [2.05, 4.69) is 10.2 Å². The van der Waals surface area contributed by atoms with Crippen molar-refractivity contribution in [2.45, 2.75) is 12.1 Å². The fourth-order valence-corrected chi connectivity index (χ4v) is 1.45. The van der Waals surface area contributed by atoms with Crippen molar-refractivity contribution in [2.75, 3.05) is 13.2 Å². The summed E-state index contributed by atoms with van der Waals surface area (Å²) in [5.41, 5.74) is 4.70. The molecule has 0 radical (unpaired) electrons. The summed E-state index contributed by atoms with van der Waals surface area (Å²) in [5, 5.41) is 4.39. The smallest absolute Gasteiger partial charge is 0.344 e. The highest BCUT2D eigenvalue weighted by atomic mass is 16.5. The molecular formula is C6H10N4O3. The van der Waals surface area contributed by atoms with Crippen LogP contribution in [0, 0.1) is 0 Å². The van der Waals surface area contributed by atoms with Crippen molar-refractivity contribution in [1.82, 2.24) is 14.8 Å². The molecule has 1 saturated heterocycles. The van der Waals surface area contributed by atoms with Crippen molar-refractivity contribution in [1.29, 1.82) is 0 Å². The number of aromatic nitrogens is 3. The van der Waals surface area contributed by atoms with E-state index in [4.69, 9.17) is 10.5 Å². The van der Waals surface area contributed by atoms with Crippen LogP contribution in [0.5, 0.6) is 0 Å². The van der Waals surface area contributed by atoms with Crippen LogP contribution in [0.3, 0.4) is 0 Å². The van der Waals surface area contributed by atoms with E-state index >= 15 is 0 Å². The summed E-state index contributed by atoms with van der Waals surface area (Å²) < 4.78 is 6.10. The molecule has 7 heteroatoms. The van der Waals surface area contributed by atoms with E-state index in [-0.39, 0.29) is 12.1 Å². The van der Waals surface area contributed by atoms with Gasteiger partial charge >= 0.3 is 11.4 Å². The Balaban J connectivity index is 2.45. The molecule has 72 valence electrons. The van der Waals surface area contributed by atoms with E-state index in [1.165, 1.54) is 0 Å². The quantitative estimate of drug-likeness (QED) is 0.461. The summed E-state index contributed by atoms with van der Waals surface area (Å²) in [5.74, 6) is 0. The lowest BCUT2D eigenvalue weighted by Crippen LogP contribution is -2.40. The van der Waals surface area contributed by atoms with E-state index in [1.54, 1.807) is 0 Å². The minimum Gasteiger partial charge on any atom is -0.378 e. The number of hydrogen-bond donors (Lipinski definition) is 3. The second-order valence-corrected chi connectivity index (χ2v) is 3.00. The highest BCUT2D eigenvalue weighted by Gasteiger charge is 2.29. The molecule has 7 nitrogen and oxygen atoms in total. The number of nitrogens with one attached hydrogen (secondary N) is 2. The highest BCUT2D eigenvalue weighted by molar-refractivity contribution is 4.86. The second kappa shape index (κ2) is 2.86. The molecule has 1 aromatic rings. The Bertz CT molecular complexity index is 375. The number of aromatic amines is 2. The number of H-pyrrole nitrogens is 2. The molecule has 1 aromatic heterocycles. The topological polar surface area (TPSA) is 106 Å². The zero-order chi connectivity index (χ0) is 9.42. The zero-order valence-corrected chi connectivity index (χ0v) is 6.82. The number of nitrogens with two attached hydrogens (primary N) is 1. The molecule has 2 atom stereocenters. The maximum Gasteiger partial charge on any atom is 0.344 e. The van der Waals surface area contributed by atoms with Gasteiger partial charge in [0.2, 0.25) is 0 Å². The van der Waals surface area contributed by atoms with Crippen LogP contribution < -0.4 is 17.1 Å². The fourth-order valence-electron chi connectivity index (χ4n) is 1.45. The molecule has 0 bridgehead atoms. The summed E-state index contributed by atoms with van der Waals surface area (Å²) in [6, 6.07) is -0.655. The van der Waals surface area contributed by atoms with Gasteiger partial charge in [-0.2, -0.15) is 0 Å². The Hall–Kier alpha value is -1.34. The van der Waals surface area contributed by atoms with Crippen molar-refractivity contribution in [2.24, 2.45) is 5.73 Å². The molecule has 2 unspecified atom stereocenters. The van der Waals surface area contributed by atoms with Gasteiger partial charge in [0.15, 0.2) is 0 Å². The van der Waals surface area contributed by atoms with Crippen LogP contribution in [-0.2, 0) is 4.74 Å². The van der Waals surface area contributed by atoms with Gasteiger partial charge in [-0.05, 0) is 0 Å². The molecule has 1 aliphatic rings. The third kappa shape index (κ3) is 1.21. The zero-order valence-electron chi connectivity index (χ0n) is 6.82. The first-order chi connectivity index (χ1) is 6.20. The number of nitrogens with zero attached hydrogens (tertiary/aromatic N) is 1. The van der Waals surface area contributed by atoms with E-state index < -0.39 is 11.4 Å². The summed E-state index contributed by atoms with van der Waals surface area (Å²) in [6.45, 7) is 0.684. The predicted molar refractivity (Wildman–Crippen MR) is 43.5 cm³/mol. The van der Waals surface area contributed by atoms with Crippen LogP contribution in [-0.4, -0.2) is 34.0 Å². The highest BCUT2D eigenvalue weighted by Crippen LogP contribution is 2.13. The van der Waals surface area contributed by atoms with Gasteiger partial charge in [-0.15, -0.1) is 0 Å². The molecule has 2 heterocycles. The van der Waals surface area contributed by atoms with Crippen LogP contribution in [0.25, 0.3) is 0 Å². The maximum atomic E-state index is 11.1. The molecule has 1 fully saturated rings. The average molecular weight is 186 g/mol. The Labute approximate surface area is 72.5 Å². The summed E-state index contributed by atoms with van der Waals surface area (Å²) in [6.07, 6.45) is 0. The summed E-state index contributed by atoms with van der Waals surface area (Å²) >= 11 is 0. The van der Waals surface area contributed by atoms with Gasteiger partial charge in [0.05, 0.1) is 25.3 Å². The first kappa shape index (κ1) is 8.27. The van der Waals surface area contributed by atoms with Crippen molar-refractivity contribution in [3.63, 3.8) is 0 Å². The third-order valence-corrected chi connectivity index (χ3v) is 2.14. The van der Waals surface area contributed by atoms with Crippen LogP contribution in [0.4, 0.5) is 0 Å². The number of ether oxygens (including phenoxy) is 1. The van der Waals surface area contributed by atoms with Crippen LogP contribution in [0.1, 0.15) is 6.04 Å². The molecule has 0 aliphatic carbocycles. The molecule has 0 amide bonds. The lowest BCUT2D eigenvalue weighted by Gasteiger charge is -2.11. The van der Waals surface area contributed by atoms with Gasteiger partial charge in [0.25, 0.3) is 0 Å². The van der Waals surface area contributed by atoms with Crippen LogP contribution >= 0.6 is 0 Å². The minimum atomic E-state index is -0.476. The van der Waals surface area contributed by atoms with Gasteiger partial charge in [0.1, 0.15) is 0 Å². The molecule has 0 aromatic carbocycles. The fraction of sp³-hybridized carbons (Fsp3) is 0.667. The Morgan fingerprint density at radius 3 is 2.38 bits per heavy atom. The SMILES string of the molecule is NC1COCC1n1c(=O)[nH][nH]c1=O. The van der Waals surface area contributed by atoms with Gasteiger partial charge < -0.3 is 10.5 Å². The van der Waals surface area contributed by atoms with Crippen molar-refractivity contribution >= 4 is 0 Å². The molecule has 0 spiro atoms. The van der Waals surface area contributed by atoms with Gasteiger partial charge in [-0.25, -0.2) is 24.4 Å². The molecule has 2 rings (SSSR count). The predicted octanol–water partition coefficient (Wildman–Crippen LogP) is -2.24. The molecular weight excluding hydrogens is 176 g/mol. The Morgan fingerprint density at radius 1 is 1.31 bits per heavy atom. The van der Waals surface area contributed by atoms with E-state index in [9.17, 15) is 9.59 Å². The van der Waals surface area contributed by atoms with Gasteiger partial charge in [0, 0.05) is 0 Å². The Kier molecular flexibility index (Phi) is 1.82. The van der Waals surface area contributed by atoms with E-state index in [1.807, 2.05) is 0 Å². The maximum absolute atomic E-state index is 11.1. The Morgan fingerprint density at radius 2 is 1.92 bits per heavy atom. The minimum absolute atomic E-state index is 0.297. The molecule has 0 saturated carbocycles. The normalized spacial score (nSPS) is 28.1. The van der Waals surface area contributed by atoms with E-state index in [0.717, 1.165) is 4.57 Å². The third-order valence-electron chi connectivity index (χ3n) is 2.14. The first-order valence-corrected chi connectivity index (χ1v) is 3.92. The second-order valence-electron chi connectivity index (χ2n) is 3.00. The lowest BCUT2D eigenvalue weighted by atomic mass is 10.2. The molecule has 1 aliphatic heterocycles. The van der Waals surface area contributed by atoms with Crippen molar-refractivity contribution in [3.8, 4) is 0 Å². The molecule has 13 heavy (non-hydrogen) atoms. The standard InChI is InChI=1S/C6H10N4O3/c7-3-1-13-2-4(3)10-5(11)8-9-6(10)12/h3-4H,1-2,7H2,(H,8,11)(H,9,12). The largest absolute Gasteiger partial charge is 0.378 e. The molecule has 4 N–H and O–H groups in total. The van der Waals surface area contributed by atoms with Crippen molar-refractivity contribution in [3.05, 3.63) is 21.0 Å².